The van der Waals surface area contributed by atoms with Gasteiger partial charge in [-0.3, -0.25) is 0 Å². The molecule has 0 spiro atoms. The highest BCUT2D eigenvalue weighted by molar-refractivity contribution is 5.86. The van der Waals surface area contributed by atoms with Crippen LogP contribution in [-0.4, -0.2) is 19.9 Å². The maximum atomic E-state index is 5.38. The lowest BCUT2D eigenvalue weighted by atomic mass is 9.61. The van der Waals surface area contributed by atoms with Gasteiger partial charge in [0.2, 0.25) is 0 Å². The zero-order valence-corrected chi connectivity index (χ0v) is 43.7. The van der Waals surface area contributed by atoms with Gasteiger partial charge in [-0.05, 0) is 102 Å². The van der Waals surface area contributed by atoms with Crippen molar-refractivity contribution in [2.45, 2.75) is 11.8 Å². The van der Waals surface area contributed by atoms with Crippen LogP contribution in [0, 0.1) is 0 Å². The Balaban J connectivity index is 0.798. The molecule has 374 valence electrons. The van der Waals surface area contributed by atoms with Crippen LogP contribution < -0.4 is 0 Å². The van der Waals surface area contributed by atoms with Crippen molar-refractivity contribution in [2.75, 3.05) is 0 Å². The van der Waals surface area contributed by atoms with E-state index in [9.17, 15) is 0 Å². The van der Waals surface area contributed by atoms with Gasteiger partial charge in [-0.25, -0.2) is 19.9 Å². The average Bonchev–Trinajstić information content (AvgIpc) is 3.64. The molecule has 2 bridgehead atoms. The summed E-state index contributed by atoms with van der Waals surface area (Å²) in [7, 11) is 0. The fourth-order valence-electron chi connectivity index (χ4n) is 12.3. The largest absolute Gasteiger partial charge is 0.228 e. The summed E-state index contributed by atoms with van der Waals surface area (Å²) < 4.78 is 0. The fraction of sp³-hybridized carbons (Fsp3) is 0.0263. The van der Waals surface area contributed by atoms with Crippen LogP contribution in [0.5, 0.6) is 0 Å². The van der Waals surface area contributed by atoms with Crippen molar-refractivity contribution in [3.05, 3.63) is 325 Å². The van der Waals surface area contributed by atoms with Gasteiger partial charge in [0.05, 0.1) is 22.8 Å². The van der Waals surface area contributed by atoms with Gasteiger partial charge in [0.1, 0.15) is 0 Å². The molecule has 0 radical (unpaired) electrons. The van der Waals surface area contributed by atoms with Gasteiger partial charge in [0, 0.05) is 45.2 Å². The van der Waals surface area contributed by atoms with Crippen molar-refractivity contribution in [3.63, 3.8) is 0 Å². The molecule has 0 aliphatic heterocycles. The van der Waals surface area contributed by atoms with E-state index in [1.165, 1.54) is 66.8 Å². The Kier molecular flexibility index (Phi) is 11.6. The van der Waals surface area contributed by atoms with E-state index in [2.05, 4.69) is 291 Å². The van der Waals surface area contributed by atoms with Gasteiger partial charge >= 0.3 is 0 Å². The van der Waals surface area contributed by atoms with E-state index in [-0.39, 0.29) is 11.8 Å². The lowest BCUT2D eigenvalue weighted by Gasteiger charge is -2.42. The standard InChI is InChI=1S/C76H50N4/c1-5-19-49(20-6-1)59-27-13-15-29-61(59)51-33-37-55(38-34-51)71-47-69(53-23-9-3-10-24-53)77-75(79-71)57-41-43-65-67(45-57)73-63-31-17-18-32-64(63)74(65)68-46-58(42-44-66(68)73)76-78-70(54-25-11-4-12-26-54)48-72(80-76)56-39-35-52(36-40-56)62-30-16-14-28-60(62)50-21-7-2-8-22-50/h1-48,73-74H. The van der Waals surface area contributed by atoms with Crippen molar-refractivity contribution in [1.82, 2.24) is 19.9 Å². The van der Waals surface area contributed by atoms with Crippen molar-refractivity contribution < 1.29 is 0 Å². The number of hydrogen-bond acceptors (Lipinski definition) is 4. The Hall–Kier alpha value is -10.4. The third-order valence-electron chi connectivity index (χ3n) is 16.2. The zero-order valence-electron chi connectivity index (χ0n) is 43.7. The minimum Gasteiger partial charge on any atom is -0.228 e. The molecule has 2 unspecified atom stereocenters. The Labute approximate surface area is 466 Å². The molecular formula is C76H50N4. The molecule has 3 aliphatic rings. The number of aromatic nitrogens is 4. The van der Waals surface area contributed by atoms with Gasteiger partial charge in [-0.15, -0.1) is 0 Å². The van der Waals surface area contributed by atoms with Crippen LogP contribution in [0.2, 0.25) is 0 Å². The Morgan fingerprint density at radius 1 is 0.175 bits per heavy atom. The van der Waals surface area contributed by atoms with Crippen LogP contribution in [0.4, 0.5) is 0 Å². The molecule has 0 saturated carbocycles. The Morgan fingerprint density at radius 3 is 0.750 bits per heavy atom. The minimum atomic E-state index is 0.0240. The van der Waals surface area contributed by atoms with Crippen LogP contribution in [0.1, 0.15) is 45.2 Å². The summed E-state index contributed by atoms with van der Waals surface area (Å²) in [6, 6.07) is 104. The highest BCUT2D eigenvalue weighted by atomic mass is 14.9. The average molecular weight is 1020 g/mol. The van der Waals surface area contributed by atoms with E-state index in [4.69, 9.17) is 19.9 Å². The first-order chi connectivity index (χ1) is 39.6. The normalized spacial score (nSPS) is 13.8. The molecule has 16 rings (SSSR count). The number of rotatable bonds is 10. The Bertz CT molecular complexity index is 4150. The summed E-state index contributed by atoms with van der Waals surface area (Å²) in [5.41, 5.74) is 27.1. The summed E-state index contributed by atoms with van der Waals surface area (Å²) in [5, 5.41) is 0. The fourth-order valence-corrected chi connectivity index (χ4v) is 12.3. The topological polar surface area (TPSA) is 51.6 Å². The van der Waals surface area contributed by atoms with Crippen LogP contribution in [0.25, 0.3) is 112 Å². The van der Waals surface area contributed by atoms with Gasteiger partial charge in [0.25, 0.3) is 0 Å². The molecule has 4 heteroatoms. The molecule has 3 aliphatic carbocycles. The molecule has 0 fully saturated rings. The highest BCUT2D eigenvalue weighted by Crippen LogP contribution is 2.57. The summed E-state index contributed by atoms with van der Waals surface area (Å²) in [5.74, 6) is 1.45. The van der Waals surface area contributed by atoms with E-state index in [1.54, 1.807) is 0 Å². The lowest BCUT2D eigenvalue weighted by molar-refractivity contribution is 0.754. The first-order valence-electron chi connectivity index (χ1n) is 27.4. The van der Waals surface area contributed by atoms with Crippen molar-refractivity contribution in [2.24, 2.45) is 0 Å². The minimum absolute atomic E-state index is 0.0240. The molecule has 0 N–H and O–H groups in total. The number of benzene rings is 11. The second kappa shape index (κ2) is 19.9. The first kappa shape index (κ1) is 46.8. The van der Waals surface area contributed by atoms with Crippen LogP contribution in [0.3, 0.4) is 0 Å². The van der Waals surface area contributed by atoms with E-state index >= 15 is 0 Å². The molecule has 2 atom stereocenters. The van der Waals surface area contributed by atoms with E-state index < -0.39 is 0 Å². The second-order valence-electron chi connectivity index (χ2n) is 20.8. The van der Waals surface area contributed by atoms with Gasteiger partial charge in [-0.1, -0.05) is 267 Å². The van der Waals surface area contributed by atoms with Gasteiger partial charge < -0.3 is 0 Å². The molecule has 2 heterocycles. The van der Waals surface area contributed by atoms with E-state index in [0.29, 0.717) is 11.6 Å². The predicted molar refractivity (Wildman–Crippen MR) is 327 cm³/mol. The van der Waals surface area contributed by atoms with E-state index in [1.807, 2.05) is 0 Å². The Morgan fingerprint density at radius 2 is 0.412 bits per heavy atom. The monoisotopic (exact) mass is 1020 g/mol. The number of nitrogens with zero attached hydrogens (tertiary/aromatic N) is 4. The molecule has 13 aromatic rings. The van der Waals surface area contributed by atoms with E-state index in [0.717, 1.165) is 67.3 Å². The number of hydrogen-bond donors (Lipinski definition) is 0. The summed E-state index contributed by atoms with van der Waals surface area (Å²) in [6.07, 6.45) is 0. The molecule has 0 amide bonds. The quantitative estimate of drug-likeness (QED) is 0.137. The summed E-state index contributed by atoms with van der Waals surface area (Å²) in [6.45, 7) is 0. The van der Waals surface area contributed by atoms with Gasteiger partial charge in [0.15, 0.2) is 11.6 Å². The molecule has 80 heavy (non-hydrogen) atoms. The molecule has 11 aromatic carbocycles. The third kappa shape index (κ3) is 8.42. The van der Waals surface area contributed by atoms with Crippen molar-refractivity contribution >= 4 is 0 Å². The lowest BCUT2D eigenvalue weighted by Crippen LogP contribution is -2.27. The highest BCUT2D eigenvalue weighted by Gasteiger charge is 2.41. The summed E-state index contributed by atoms with van der Waals surface area (Å²) >= 11 is 0. The molecule has 0 saturated heterocycles. The van der Waals surface area contributed by atoms with Crippen LogP contribution in [-0.2, 0) is 0 Å². The molecular weight excluding hydrogens is 969 g/mol. The maximum absolute atomic E-state index is 5.38. The van der Waals surface area contributed by atoms with Gasteiger partial charge in [-0.2, -0.15) is 0 Å². The van der Waals surface area contributed by atoms with Crippen molar-refractivity contribution in [1.29, 1.82) is 0 Å². The SMILES string of the molecule is c1ccc(-c2cc(-c3ccc(-c4ccccc4-c4ccccc4)cc3)nc(-c3ccc4c(c3)C3c5ccccc5C4c4cc(-c5nc(-c6ccccc6)cc(-c6ccc(-c7ccccc7-c7ccccc7)cc6)n5)ccc43)n2)cc1. The summed E-state index contributed by atoms with van der Waals surface area (Å²) in [4.78, 5) is 21.4. The first-order valence-corrected chi connectivity index (χ1v) is 27.4. The third-order valence-corrected chi connectivity index (χ3v) is 16.2. The molecule has 4 nitrogen and oxygen atoms in total. The zero-order chi connectivity index (χ0) is 52.9. The predicted octanol–water partition coefficient (Wildman–Crippen LogP) is 18.9. The van der Waals surface area contributed by atoms with Crippen LogP contribution >= 0.6 is 0 Å². The maximum Gasteiger partial charge on any atom is 0.160 e. The van der Waals surface area contributed by atoms with Crippen molar-refractivity contribution in [3.8, 4) is 112 Å². The van der Waals surface area contributed by atoms with Crippen LogP contribution in [0.15, 0.2) is 291 Å². The molecule has 2 aromatic heterocycles. The smallest absolute Gasteiger partial charge is 0.160 e. The second-order valence-corrected chi connectivity index (χ2v) is 20.8.